The molecule has 2 N–H and O–H groups in total. The second kappa shape index (κ2) is 4.65. The molecule has 0 bridgehead atoms. The Morgan fingerprint density at radius 2 is 1.53 bits per heavy atom. The molecule has 0 fully saturated rings. The van der Waals surface area contributed by atoms with Crippen molar-refractivity contribution in [3.8, 4) is 0 Å². The third kappa shape index (κ3) is 2.42. The number of rotatable bonds is 1. The van der Waals surface area contributed by atoms with E-state index in [9.17, 15) is 9.59 Å². The topological polar surface area (TPSA) is 65.7 Å². The average Bonchev–Trinajstić information content (AvgIpc) is 2.34. The van der Waals surface area contributed by atoms with Crippen LogP contribution in [0, 0.1) is 0 Å². The molecule has 1 heterocycles. The summed E-state index contributed by atoms with van der Waals surface area (Å²) in [7, 11) is 0. The summed E-state index contributed by atoms with van der Waals surface area (Å²) in [4.78, 5) is 28.3. The van der Waals surface area contributed by atoms with Crippen LogP contribution in [-0.2, 0) is 0 Å². The number of nitrogens with one attached hydrogen (secondary N) is 2. The Kier molecular flexibility index (Phi) is 3.05. The maximum Gasteiger partial charge on any atom is 0.272 e. The van der Waals surface area contributed by atoms with Crippen molar-refractivity contribution >= 4 is 12.2 Å². The third-order valence-corrected chi connectivity index (χ3v) is 2.38. The van der Waals surface area contributed by atoms with Crippen LogP contribution in [0.25, 0.3) is 12.2 Å². The van der Waals surface area contributed by atoms with Crippen molar-refractivity contribution in [1.29, 1.82) is 0 Å². The summed E-state index contributed by atoms with van der Waals surface area (Å²) in [6.45, 7) is 1.70. The summed E-state index contributed by atoms with van der Waals surface area (Å²) in [5.41, 5.74) is 0.262. The Balaban J connectivity index is 2.71. The highest BCUT2D eigenvalue weighted by Crippen LogP contribution is 1.96. The Bertz CT molecular complexity index is 739. The average molecular weight is 228 g/mol. The van der Waals surface area contributed by atoms with E-state index < -0.39 is 0 Å². The first-order chi connectivity index (χ1) is 8.20. The minimum atomic E-state index is -0.304. The van der Waals surface area contributed by atoms with Gasteiger partial charge in [-0.25, -0.2) is 0 Å². The maximum absolute atomic E-state index is 11.7. The molecule has 2 aromatic rings. The lowest BCUT2D eigenvalue weighted by Crippen LogP contribution is -2.46. The molecule has 4 nitrogen and oxygen atoms in total. The SMILES string of the molecule is C/C=c1/[nH]c(=O)/c(=C\c2ccccc2)[nH]c1=O. The first-order valence-electron chi connectivity index (χ1n) is 5.26. The molecule has 0 spiro atoms. The summed E-state index contributed by atoms with van der Waals surface area (Å²) in [6.07, 6.45) is 3.20. The van der Waals surface area contributed by atoms with E-state index in [2.05, 4.69) is 9.97 Å². The van der Waals surface area contributed by atoms with Crippen LogP contribution < -0.4 is 21.8 Å². The molecule has 0 atom stereocenters. The van der Waals surface area contributed by atoms with E-state index in [1.165, 1.54) is 0 Å². The first kappa shape index (κ1) is 11.1. The van der Waals surface area contributed by atoms with Gasteiger partial charge >= 0.3 is 0 Å². The highest BCUT2D eigenvalue weighted by molar-refractivity contribution is 5.47. The van der Waals surface area contributed by atoms with E-state index >= 15 is 0 Å². The van der Waals surface area contributed by atoms with E-state index in [1.54, 1.807) is 19.1 Å². The fraction of sp³-hybridized carbons (Fsp3) is 0.0769. The van der Waals surface area contributed by atoms with E-state index in [0.29, 0.717) is 0 Å². The molecule has 0 aliphatic rings. The molecule has 0 aliphatic heterocycles. The predicted octanol–water partition coefficient (Wildman–Crippen LogP) is -0.308. The summed E-state index contributed by atoms with van der Waals surface area (Å²) in [5, 5.41) is 0.534. The Hall–Kier alpha value is -2.36. The van der Waals surface area contributed by atoms with Gasteiger partial charge in [0.15, 0.2) is 0 Å². The van der Waals surface area contributed by atoms with Gasteiger partial charge in [-0.2, -0.15) is 0 Å². The van der Waals surface area contributed by atoms with Crippen LogP contribution in [0.4, 0.5) is 0 Å². The summed E-state index contributed by atoms with van der Waals surface area (Å²) in [6, 6.07) is 9.34. The van der Waals surface area contributed by atoms with E-state index in [1.807, 2.05) is 30.3 Å². The molecule has 4 heteroatoms. The minimum Gasteiger partial charge on any atom is -0.316 e. The van der Waals surface area contributed by atoms with Crippen LogP contribution in [0.5, 0.6) is 0 Å². The van der Waals surface area contributed by atoms with Crippen molar-refractivity contribution in [2.75, 3.05) is 0 Å². The second-order valence-corrected chi connectivity index (χ2v) is 3.58. The number of aromatic amines is 2. The zero-order valence-electron chi connectivity index (χ0n) is 9.36. The maximum atomic E-state index is 11.7. The zero-order chi connectivity index (χ0) is 12.3. The van der Waals surface area contributed by atoms with Gasteiger partial charge in [0, 0.05) is 0 Å². The van der Waals surface area contributed by atoms with Gasteiger partial charge in [0.05, 0.1) is 0 Å². The molecule has 0 saturated heterocycles. The zero-order valence-corrected chi connectivity index (χ0v) is 9.36. The normalized spacial score (nSPS) is 13.0. The second-order valence-electron chi connectivity index (χ2n) is 3.58. The Morgan fingerprint density at radius 3 is 2.18 bits per heavy atom. The standard InChI is InChI=1S/C13H12N2O2/c1-2-10-12(16)15-11(13(17)14-10)8-9-6-4-3-5-7-9/h2-8H,1H3,(H,14,17)(H,15,16)/b10-2+,11-8+. The van der Waals surface area contributed by atoms with Crippen molar-refractivity contribution in [2.45, 2.75) is 6.92 Å². The van der Waals surface area contributed by atoms with Crippen molar-refractivity contribution in [2.24, 2.45) is 0 Å². The summed E-state index contributed by atoms with van der Waals surface area (Å²) < 4.78 is 0. The van der Waals surface area contributed by atoms with E-state index in [-0.39, 0.29) is 21.8 Å². The molecule has 0 radical (unpaired) electrons. The number of hydrogen-bond donors (Lipinski definition) is 2. The van der Waals surface area contributed by atoms with Gasteiger partial charge in [0.2, 0.25) is 0 Å². The fourth-order valence-electron chi connectivity index (χ4n) is 1.51. The molecule has 1 aromatic heterocycles. The van der Waals surface area contributed by atoms with Gasteiger partial charge < -0.3 is 9.97 Å². The molecule has 0 saturated carbocycles. The molecular weight excluding hydrogens is 216 g/mol. The lowest BCUT2D eigenvalue weighted by atomic mass is 10.2. The van der Waals surface area contributed by atoms with E-state index in [0.717, 1.165) is 5.56 Å². The minimum absolute atomic E-state index is 0.256. The highest BCUT2D eigenvalue weighted by atomic mass is 16.1. The predicted molar refractivity (Wildman–Crippen MR) is 67.1 cm³/mol. The quantitative estimate of drug-likeness (QED) is 0.703. The lowest BCUT2D eigenvalue weighted by Gasteiger charge is -1.91. The highest BCUT2D eigenvalue weighted by Gasteiger charge is 1.94. The Morgan fingerprint density at radius 1 is 0.941 bits per heavy atom. The molecular formula is C13H12N2O2. The van der Waals surface area contributed by atoms with Gasteiger partial charge in [-0.05, 0) is 18.6 Å². The van der Waals surface area contributed by atoms with Crippen LogP contribution in [0.15, 0.2) is 39.9 Å². The molecule has 86 valence electrons. The van der Waals surface area contributed by atoms with Gasteiger partial charge in [0.25, 0.3) is 11.1 Å². The largest absolute Gasteiger partial charge is 0.316 e. The molecule has 1 aromatic carbocycles. The van der Waals surface area contributed by atoms with Gasteiger partial charge in [-0.1, -0.05) is 36.4 Å². The third-order valence-electron chi connectivity index (χ3n) is 2.38. The Labute approximate surface area is 97.0 Å². The monoisotopic (exact) mass is 228 g/mol. The van der Waals surface area contributed by atoms with Gasteiger partial charge in [0.1, 0.15) is 10.7 Å². The van der Waals surface area contributed by atoms with Crippen molar-refractivity contribution in [1.82, 2.24) is 9.97 Å². The summed E-state index contributed by atoms with van der Waals surface area (Å²) >= 11 is 0. The molecule has 2 rings (SSSR count). The van der Waals surface area contributed by atoms with Crippen molar-refractivity contribution in [3.05, 3.63) is 67.3 Å². The number of H-pyrrole nitrogens is 2. The van der Waals surface area contributed by atoms with Crippen LogP contribution in [0.1, 0.15) is 12.5 Å². The van der Waals surface area contributed by atoms with Crippen LogP contribution in [0.3, 0.4) is 0 Å². The van der Waals surface area contributed by atoms with Crippen molar-refractivity contribution < 1.29 is 0 Å². The van der Waals surface area contributed by atoms with Crippen molar-refractivity contribution in [3.63, 3.8) is 0 Å². The summed E-state index contributed by atoms with van der Waals surface area (Å²) in [5.74, 6) is 0. The van der Waals surface area contributed by atoms with Gasteiger partial charge in [-0.15, -0.1) is 0 Å². The number of benzene rings is 1. The van der Waals surface area contributed by atoms with Crippen LogP contribution in [-0.4, -0.2) is 9.97 Å². The lowest BCUT2D eigenvalue weighted by molar-refractivity contribution is 1.00. The smallest absolute Gasteiger partial charge is 0.272 e. The van der Waals surface area contributed by atoms with E-state index in [4.69, 9.17) is 0 Å². The molecule has 0 amide bonds. The van der Waals surface area contributed by atoms with Crippen LogP contribution >= 0.6 is 0 Å². The molecule has 17 heavy (non-hydrogen) atoms. The fourth-order valence-corrected chi connectivity index (χ4v) is 1.51. The number of aromatic nitrogens is 2. The van der Waals surface area contributed by atoms with Crippen LogP contribution in [0.2, 0.25) is 0 Å². The first-order valence-corrected chi connectivity index (χ1v) is 5.26. The molecule has 0 aliphatic carbocycles. The molecule has 0 unspecified atom stereocenters. The number of hydrogen-bond acceptors (Lipinski definition) is 2. The van der Waals surface area contributed by atoms with Gasteiger partial charge in [-0.3, -0.25) is 9.59 Å².